The third kappa shape index (κ3) is 5.78. The van der Waals surface area contributed by atoms with Gasteiger partial charge >= 0.3 is 5.97 Å². The lowest BCUT2D eigenvalue weighted by molar-refractivity contribution is -0.119. The van der Waals surface area contributed by atoms with Crippen LogP contribution in [-0.4, -0.2) is 32.8 Å². The van der Waals surface area contributed by atoms with E-state index in [9.17, 15) is 22.8 Å². The van der Waals surface area contributed by atoms with Crippen LogP contribution < -0.4 is 15.8 Å². The molecule has 0 unspecified atom stereocenters. The summed E-state index contributed by atoms with van der Waals surface area (Å²) in [5.74, 6) is -1.95. The van der Waals surface area contributed by atoms with E-state index in [0.29, 0.717) is 5.69 Å². The van der Waals surface area contributed by atoms with E-state index in [1.54, 1.807) is 18.2 Å². The highest BCUT2D eigenvalue weighted by atomic mass is 32.2. The van der Waals surface area contributed by atoms with Crippen molar-refractivity contribution in [3.05, 3.63) is 78.3 Å². The minimum Gasteiger partial charge on any atom is -0.459 e. The number of nitrogens with one attached hydrogen (secondary N) is 2. The smallest absolute Gasteiger partial charge is 0.340 e. The van der Waals surface area contributed by atoms with E-state index in [1.807, 2.05) is 0 Å². The van der Waals surface area contributed by atoms with Crippen molar-refractivity contribution in [3.8, 4) is 0 Å². The Balaban J connectivity index is 1.59. The second kappa shape index (κ2) is 9.24. The van der Waals surface area contributed by atoms with Gasteiger partial charge in [-0.25, -0.2) is 18.4 Å². The van der Waals surface area contributed by atoms with Crippen LogP contribution in [0.1, 0.15) is 20.9 Å². The maximum atomic E-state index is 12.4. The normalized spacial score (nSPS) is 10.9. The highest BCUT2D eigenvalue weighted by Gasteiger charge is 2.17. The summed E-state index contributed by atoms with van der Waals surface area (Å²) in [7, 11) is -3.85. The van der Waals surface area contributed by atoms with Crippen LogP contribution in [0, 0.1) is 0 Å². The molecule has 11 heteroatoms. The van der Waals surface area contributed by atoms with Crippen LogP contribution >= 0.6 is 0 Å². The number of carbonyl (C=O) groups excluding carboxylic acids is 3. The van der Waals surface area contributed by atoms with Gasteiger partial charge in [0.15, 0.2) is 12.4 Å². The van der Waals surface area contributed by atoms with Gasteiger partial charge in [0.1, 0.15) is 0 Å². The molecule has 1 aromatic heterocycles. The van der Waals surface area contributed by atoms with Gasteiger partial charge in [0, 0.05) is 5.69 Å². The molecule has 0 fully saturated rings. The van der Waals surface area contributed by atoms with E-state index in [-0.39, 0.29) is 21.9 Å². The average Bonchev–Trinajstić information content (AvgIpc) is 3.27. The van der Waals surface area contributed by atoms with Crippen LogP contribution in [0.15, 0.2) is 76.2 Å². The number of hydrogen-bond acceptors (Lipinski definition) is 7. The number of ether oxygens (including phenoxy) is 1. The zero-order valence-electron chi connectivity index (χ0n) is 15.9. The topological polar surface area (TPSA) is 158 Å². The molecule has 2 aromatic carbocycles. The van der Waals surface area contributed by atoms with E-state index >= 15 is 0 Å². The number of esters is 1. The fraction of sp³-hybridized carbons (Fsp3) is 0.0500. The van der Waals surface area contributed by atoms with Gasteiger partial charge in [0.2, 0.25) is 10.0 Å². The maximum absolute atomic E-state index is 12.4. The SMILES string of the molecule is NS(=O)(=O)c1ccc(NC(=O)COC(=O)c2ccccc2NC(=O)c2ccco2)cc1. The van der Waals surface area contributed by atoms with E-state index < -0.39 is 34.4 Å². The molecule has 0 aliphatic carbocycles. The maximum Gasteiger partial charge on any atom is 0.340 e. The first-order valence-corrected chi connectivity index (χ1v) is 10.3. The van der Waals surface area contributed by atoms with Crippen molar-refractivity contribution in [2.75, 3.05) is 17.2 Å². The summed E-state index contributed by atoms with van der Waals surface area (Å²) in [5.41, 5.74) is 0.528. The van der Waals surface area contributed by atoms with Crippen LogP contribution in [0.25, 0.3) is 0 Å². The zero-order chi connectivity index (χ0) is 22.4. The molecule has 31 heavy (non-hydrogen) atoms. The summed E-state index contributed by atoms with van der Waals surface area (Å²) in [6.45, 7) is -0.601. The molecule has 3 rings (SSSR count). The van der Waals surface area contributed by atoms with E-state index in [0.717, 1.165) is 0 Å². The summed E-state index contributed by atoms with van der Waals surface area (Å²) < 4.78 is 32.5. The van der Waals surface area contributed by atoms with E-state index in [2.05, 4.69) is 10.6 Å². The van der Waals surface area contributed by atoms with Crippen LogP contribution in [-0.2, 0) is 19.6 Å². The second-order valence-corrected chi connectivity index (χ2v) is 7.73. The Morgan fingerprint density at radius 3 is 2.29 bits per heavy atom. The largest absolute Gasteiger partial charge is 0.459 e. The van der Waals surface area contributed by atoms with Gasteiger partial charge in [-0.15, -0.1) is 0 Å². The quantitative estimate of drug-likeness (QED) is 0.471. The van der Waals surface area contributed by atoms with E-state index in [4.69, 9.17) is 14.3 Å². The minimum atomic E-state index is -3.85. The molecule has 3 aromatic rings. The first-order chi connectivity index (χ1) is 14.7. The van der Waals surface area contributed by atoms with Crippen LogP contribution in [0.5, 0.6) is 0 Å². The molecule has 0 radical (unpaired) electrons. The molecular formula is C20H17N3O7S. The fourth-order valence-electron chi connectivity index (χ4n) is 2.50. The summed E-state index contributed by atoms with van der Waals surface area (Å²) in [4.78, 5) is 36.5. The summed E-state index contributed by atoms with van der Waals surface area (Å²) in [5, 5.41) is 10.0. The molecule has 10 nitrogen and oxygen atoms in total. The number of para-hydroxylation sites is 1. The van der Waals surface area contributed by atoms with Crippen molar-refractivity contribution in [1.29, 1.82) is 0 Å². The van der Waals surface area contributed by atoms with Crippen molar-refractivity contribution < 1.29 is 32.0 Å². The predicted octanol–water partition coefficient (Wildman–Crippen LogP) is 1.97. The molecule has 0 aliphatic rings. The van der Waals surface area contributed by atoms with Crippen LogP contribution in [0.3, 0.4) is 0 Å². The number of carbonyl (C=O) groups is 3. The molecule has 4 N–H and O–H groups in total. The van der Waals surface area contributed by atoms with Gasteiger partial charge in [-0.3, -0.25) is 9.59 Å². The highest BCUT2D eigenvalue weighted by Crippen LogP contribution is 2.18. The third-order valence-corrected chi connectivity index (χ3v) is 4.87. The third-order valence-electron chi connectivity index (χ3n) is 3.94. The summed E-state index contributed by atoms with van der Waals surface area (Å²) in [6, 6.07) is 14.3. The molecule has 1 heterocycles. The second-order valence-electron chi connectivity index (χ2n) is 6.17. The monoisotopic (exact) mass is 443 g/mol. The molecular weight excluding hydrogens is 426 g/mol. The Kier molecular flexibility index (Phi) is 6.48. The summed E-state index contributed by atoms with van der Waals surface area (Å²) in [6.07, 6.45) is 1.34. The van der Waals surface area contributed by atoms with Crippen molar-refractivity contribution in [2.45, 2.75) is 4.90 Å². The van der Waals surface area contributed by atoms with Gasteiger partial charge < -0.3 is 19.8 Å². The molecule has 0 aliphatic heterocycles. The first kappa shape index (κ1) is 21.7. The Labute approximate surface area is 177 Å². The number of hydrogen-bond donors (Lipinski definition) is 3. The molecule has 2 amide bonds. The number of rotatable bonds is 7. The van der Waals surface area contributed by atoms with Gasteiger partial charge in [-0.05, 0) is 48.5 Å². The molecule has 0 saturated heterocycles. The molecule has 0 saturated carbocycles. The van der Waals surface area contributed by atoms with E-state index in [1.165, 1.54) is 48.7 Å². The number of primary sulfonamides is 1. The first-order valence-electron chi connectivity index (χ1n) is 8.78. The fourth-order valence-corrected chi connectivity index (χ4v) is 3.01. The van der Waals surface area contributed by atoms with Crippen LogP contribution in [0.4, 0.5) is 11.4 Å². The lowest BCUT2D eigenvalue weighted by Crippen LogP contribution is -2.22. The number of anilines is 2. The Bertz CT molecular complexity index is 1200. The van der Waals surface area contributed by atoms with Crippen molar-refractivity contribution in [2.24, 2.45) is 5.14 Å². The lowest BCUT2D eigenvalue weighted by Gasteiger charge is -2.10. The number of sulfonamides is 1. The number of amides is 2. The molecule has 0 atom stereocenters. The number of furan rings is 1. The van der Waals surface area contributed by atoms with Crippen molar-refractivity contribution >= 4 is 39.2 Å². The summed E-state index contributed by atoms with van der Waals surface area (Å²) >= 11 is 0. The lowest BCUT2D eigenvalue weighted by atomic mass is 10.1. The van der Waals surface area contributed by atoms with Gasteiger partial charge in [0.05, 0.1) is 22.4 Å². The van der Waals surface area contributed by atoms with Crippen molar-refractivity contribution in [3.63, 3.8) is 0 Å². The number of benzene rings is 2. The van der Waals surface area contributed by atoms with Gasteiger partial charge in [-0.2, -0.15) is 0 Å². The Morgan fingerprint density at radius 1 is 0.935 bits per heavy atom. The zero-order valence-corrected chi connectivity index (χ0v) is 16.7. The molecule has 0 bridgehead atoms. The van der Waals surface area contributed by atoms with Gasteiger partial charge in [-0.1, -0.05) is 12.1 Å². The highest BCUT2D eigenvalue weighted by molar-refractivity contribution is 7.89. The Hall–Kier alpha value is -3.96. The van der Waals surface area contributed by atoms with Crippen molar-refractivity contribution in [1.82, 2.24) is 0 Å². The number of nitrogens with two attached hydrogens (primary N) is 1. The minimum absolute atomic E-state index is 0.0488. The predicted molar refractivity (Wildman–Crippen MR) is 110 cm³/mol. The van der Waals surface area contributed by atoms with Crippen LogP contribution in [0.2, 0.25) is 0 Å². The Morgan fingerprint density at radius 2 is 1.65 bits per heavy atom. The molecule has 160 valence electrons. The standard InChI is InChI=1S/C20H17N3O7S/c21-31(27,28)14-9-7-13(8-10-14)22-18(24)12-30-20(26)15-4-1-2-5-16(15)23-19(25)17-6-3-11-29-17/h1-11H,12H2,(H,22,24)(H,23,25)(H2,21,27,28). The van der Waals surface area contributed by atoms with Gasteiger partial charge in [0.25, 0.3) is 11.8 Å². The average molecular weight is 443 g/mol. The molecule has 0 spiro atoms.